The fourth-order valence-electron chi connectivity index (χ4n) is 2.30. The Bertz CT molecular complexity index is 976. The van der Waals surface area contributed by atoms with Crippen molar-refractivity contribution in [2.24, 2.45) is 0 Å². The highest BCUT2D eigenvalue weighted by Gasteiger charge is 2.15. The third-order valence-corrected chi connectivity index (χ3v) is 5.24. The molecule has 7 heteroatoms. The Morgan fingerprint density at radius 1 is 1.00 bits per heavy atom. The molecular weight excluding hydrogens is 324 g/mol. The predicted octanol–water partition coefficient (Wildman–Crippen LogP) is 2.99. The largest absolute Gasteiger partial charge is 0.288 e. The summed E-state index contributed by atoms with van der Waals surface area (Å²) in [6.07, 6.45) is 4.98. The van der Waals surface area contributed by atoms with Gasteiger partial charge in [0.25, 0.3) is 10.0 Å². The van der Waals surface area contributed by atoms with Crippen LogP contribution in [-0.4, -0.2) is 23.0 Å². The van der Waals surface area contributed by atoms with Crippen molar-refractivity contribution in [2.45, 2.75) is 25.7 Å². The standard InChI is InChI=1S/C17H18N4O2S/c1-12-4-6-16(10-13(12)2)24(22,23)20-15-5-7-17(19-11-15)21-9-8-18-14(21)3/h4-11,20H,1-3H3. The number of nitrogens with one attached hydrogen (secondary N) is 1. The number of hydrogen-bond donors (Lipinski definition) is 1. The topological polar surface area (TPSA) is 76.9 Å². The van der Waals surface area contributed by atoms with Crippen LogP contribution in [0.25, 0.3) is 5.82 Å². The van der Waals surface area contributed by atoms with Crippen LogP contribution in [0.4, 0.5) is 5.69 Å². The van der Waals surface area contributed by atoms with Crippen LogP contribution in [-0.2, 0) is 10.0 Å². The maximum Gasteiger partial charge on any atom is 0.261 e. The summed E-state index contributed by atoms with van der Waals surface area (Å²) in [5, 5.41) is 0. The summed E-state index contributed by atoms with van der Waals surface area (Å²) in [6.45, 7) is 5.70. The fourth-order valence-corrected chi connectivity index (χ4v) is 3.43. The van der Waals surface area contributed by atoms with Crippen molar-refractivity contribution in [1.29, 1.82) is 0 Å². The zero-order valence-corrected chi connectivity index (χ0v) is 14.5. The van der Waals surface area contributed by atoms with E-state index in [4.69, 9.17) is 0 Å². The second-order valence-electron chi connectivity index (χ2n) is 5.60. The molecule has 0 bridgehead atoms. The second kappa shape index (κ2) is 6.09. The quantitative estimate of drug-likeness (QED) is 0.791. The minimum absolute atomic E-state index is 0.236. The maximum absolute atomic E-state index is 12.5. The van der Waals surface area contributed by atoms with Crippen molar-refractivity contribution in [1.82, 2.24) is 14.5 Å². The molecule has 0 saturated carbocycles. The third kappa shape index (κ3) is 3.16. The van der Waals surface area contributed by atoms with E-state index in [0.717, 1.165) is 17.0 Å². The normalized spacial score (nSPS) is 11.5. The molecule has 124 valence electrons. The van der Waals surface area contributed by atoms with Gasteiger partial charge in [-0.25, -0.2) is 18.4 Å². The van der Waals surface area contributed by atoms with Gasteiger partial charge in [-0.1, -0.05) is 6.07 Å². The van der Waals surface area contributed by atoms with E-state index in [2.05, 4.69) is 14.7 Å². The molecule has 0 spiro atoms. The first kappa shape index (κ1) is 16.2. The number of nitrogens with zero attached hydrogens (tertiary/aromatic N) is 3. The Morgan fingerprint density at radius 2 is 1.79 bits per heavy atom. The van der Waals surface area contributed by atoms with Crippen molar-refractivity contribution in [2.75, 3.05) is 4.72 Å². The van der Waals surface area contributed by atoms with E-state index in [0.29, 0.717) is 11.5 Å². The molecule has 3 rings (SSSR count). The molecule has 0 aliphatic heterocycles. The molecule has 0 saturated heterocycles. The van der Waals surface area contributed by atoms with Crippen molar-refractivity contribution in [3.05, 3.63) is 65.9 Å². The van der Waals surface area contributed by atoms with E-state index in [1.165, 1.54) is 6.20 Å². The highest BCUT2D eigenvalue weighted by molar-refractivity contribution is 7.92. The van der Waals surface area contributed by atoms with E-state index in [-0.39, 0.29) is 4.90 Å². The summed E-state index contributed by atoms with van der Waals surface area (Å²) >= 11 is 0. The van der Waals surface area contributed by atoms with Gasteiger partial charge in [-0.2, -0.15) is 0 Å². The molecule has 6 nitrogen and oxygen atoms in total. The van der Waals surface area contributed by atoms with E-state index < -0.39 is 10.0 Å². The van der Waals surface area contributed by atoms with Crippen LogP contribution in [0.2, 0.25) is 0 Å². The second-order valence-corrected chi connectivity index (χ2v) is 7.28. The number of aryl methyl sites for hydroxylation is 3. The highest BCUT2D eigenvalue weighted by Crippen LogP contribution is 2.19. The van der Waals surface area contributed by atoms with Crippen LogP contribution in [0, 0.1) is 20.8 Å². The first-order valence-corrected chi connectivity index (χ1v) is 8.91. The molecule has 0 radical (unpaired) electrons. The zero-order chi connectivity index (χ0) is 17.3. The van der Waals surface area contributed by atoms with Gasteiger partial charge >= 0.3 is 0 Å². The smallest absolute Gasteiger partial charge is 0.261 e. The molecule has 0 unspecified atom stereocenters. The van der Waals surface area contributed by atoms with E-state index >= 15 is 0 Å². The number of hydrogen-bond acceptors (Lipinski definition) is 4. The number of rotatable bonds is 4. The Kier molecular flexibility index (Phi) is 4.11. The monoisotopic (exact) mass is 342 g/mol. The van der Waals surface area contributed by atoms with Crippen molar-refractivity contribution in [3.63, 3.8) is 0 Å². The lowest BCUT2D eigenvalue weighted by molar-refractivity contribution is 0.601. The number of pyridine rings is 1. The molecule has 24 heavy (non-hydrogen) atoms. The first-order chi connectivity index (χ1) is 11.4. The van der Waals surface area contributed by atoms with Gasteiger partial charge in [0.2, 0.25) is 0 Å². The van der Waals surface area contributed by atoms with Crippen molar-refractivity contribution < 1.29 is 8.42 Å². The van der Waals surface area contributed by atoms with Gasteiger partial charge in [0.05, 0.1) is 16.8 Å². The summed E-state index contributed by atoms with van der Waals surface area (Å²) in [4.78, 5) is 8.67. The van der Waals surface area contributed by atoms with Crippen LogP contribution in [0.15, 0.2) is 53.8 Å². The van der Waals surface area contributed by atoms with Crippen molar-refractivity contribution >= 4 is 15.7 Å². The van der Waals surface area contributed by atoms with Crippen LogP contribution < -0.4 is 4.72 Å². The lowest BCUT2D eigenvalue weighted by Gasteiger charge is -2.10. The Morgan fingerprint density at radius 3 is 2.38 bits per heavy atom. The number of imidazole rings is 1. The summed E-state index contributed by atoms with van der Waals surface area (Å²) in [6, 6.07) is 8.48. The SMILES string of the molecule is Cc1ccc(S(=O)(=O)Nc2ccc(-n3ccnc3C)nc2)cc1C. The Labute approximate surface area is 141 Å². The average molecular weight is 342 g/mol. The summed E-state index contributed by atoms with van der Waals surface area (Å²) < 4.78 is 29.3. The molecule has 2 heterocycles. The summed E-state index contributed by atoms with van der Waals surface area (Å²) in [5.74, 6) is 1.49. The molecule has 0 aliphatic carbocycles. The molecule has 1 N–H and O–H groups in total. The van der Waals surface area contributed by atoms with E-state index in [9.17, 15) is 8.42 Å². The number of aromatic nitrogens is 3. The molecule has 1 aromatic carbocycles. The van der Waals surface area contributed by atoms with E-state index in [1.54, 1.807) is 42.7 Å². The summed E-state index contributed by atoms with van der Waals surface area (Å²) in [7, 11) is -3.64. The molecular formula is C17H18N4O2S. The summed E-state index contributed by atoms with van der Waals surface area (Å²) in [5.41, 5.74) is 2.40. The third-order valence-electron chi connectivity index (χ3n) is 3.86. The molecule has 0 fully saturated rings. The lowest BCUT2D eigenvalue weighted by atomic mass is 10.1. The van der Waals surface area contributed by atoms with Crippen LogP contribution >= 0.6 is 0 Å². The Hall–Kier alpha value is -2.67. The van der Waals surface area contributed by atoms with Crippen LogP contribution in [0.3, 0.4) is 0 Å². The van der Waals surface area contributed by atoms with Gasteiger partial charge in [-0.3, -0.25) is 9.29 Å². The van der Waals surface area contributed by atoms with Crippen LogP contribution in [0.5, 0.6) is 0 Å². The highest BCUT2D eigenvalue weighted by atomic mass is 32.2. The lowest BCUT2D eigenvalue weighted by Crippen LogP contribution is -2.13. The zero-order valence-electron chi connectivity index (χ0n) is 13.7. The molecule has 0 atom stereocenters. The predicted molar refractivity (Wildman–Crippen MR) is 92.8 cm³/mol. The van der Waals surface area contributed by atoms with Gasteiger partial charge in [-0.05, 0) is 56.2 Å². The van der Waals surface area contributed by atoms with Gasteiger partial charge in [0, 0.05) is 12.4 Å². The minimum atomic E-state index is -3.64. The first-order valence-electron chi connectivity index (χ1n) is 7.43. The number of benzene rings is 1. The average Bonchev–Trinajstić information content (AvgIpc) is 2.96. The van der Waals surface area contributed by atoms with Gasteiger partial charge in [0.15, 0.2) is 0 Å². The van der Waals surface area contributed by atoms with Gasteiger partial charge < -0.3 is 0 Å². The molecule has 0 aliphatic rings. The van der Waals surface area contributed by atoms with Gasteiger partial charge in [0.1, 0.15) is 11.6 Å². The number of anilines is 1. The van der Waals surface area contributed by atoms with Crippen molar-refractivity contribution in [3.8, 4) is 5.82 Å². The number of sulfonamides is 1. The van der Waals surface area contributed by atoms with Crippen LogP contribution in [0.1, 0.15) is 17.0 Å². The fraction of sp³-hybridized carbons (Fsp3) is 0.176. The Balaban J connectivity index is 1.85. The van der Waals surface area contributed by atoms with Gasteiger partial charge in [-0.15, -0.1) is 0 Å². The molecule has 2 aromatic heterocycles. The maximum atomic E-state index is 12.5. The molecule has 3 aromatic rings. The van der Waals surface area contributed by atoms with E-state index in [1.807, 2.05) is 25.3 Å². The minimum Gasteiger partial charge on any atom is -0.288 e. The molecule has 0 amide bonds.